The molecule has 0 radical (unpaired) electrons. The molecule has 2 rings (SSSR count). The summed E-state index contributed by atoms with van der Waals surface area (Å²) in [7, 11) is 0. The molecule has 0 N–H and O–H groups in total. The van der Waals surface area contributed by atoms with E-state index in [9.17, 15) is 0 Å². The van der Waals surface area contributed by atoms with E-state index in [0.29, 0.717) is 5.38 Å². The predicted molar refractivity (Wildman–Crippen MR) is 72.8 cm³/mol. The van der Waals surface area contributed by atoms with Gasteiger partial charge in [-0.15, -0.1) is 11.6 Å². The third-order valence-electron chi connectivity index (χ3n) is 3.27. The van der Waals surface area contributed by atoms with Crippen molar-refractivity contribution in [1.82, 2.24) is 0 Å². The lowest BCUT2D eigenvalue weighted by Gasteiger charge is -2.08. The van der Waals surface area contributed by atoms with Crippen LogP contribution in [0.1, 0.15) is 38.5 Å². The number of rotatable bonds is 8. The summed E-state index contributed by atoms with van der Waals surface area (Å²) in [4.78, 5) is 0. The highest BCUT2D eigenvalue weighted by atomic mass is 35.5. The van der Waals surface area contributed by atoms with Gasteiger partial charge in [0.05, 0.1) is 6.61 Å². The SMILES string of the molecule is ClC(CCCCCOc1ccccc1)C1CC1. The van der Waals surface area contributed by atoms with Crippen molar-refractivity contribution in [2.45, 2.75) is 43.9 Å². The molecule has 1 unspecified atom stereocenters. The van der Waals surface area contributed by atoms with Gasteiger partial charge in [0, 0.05) is 5.38 Å². The third kappa shape index (κ3) is 4.99. The van der Waals surface area contributed by atoms with Gasteiger partial charge in [-0.05, 0) is 43.7 Å². The van der Waals surface area contributed by atoms with E-state index in [1.165, 1.54) is 32.1 Å². The van der Waals surface area contributed by atoms with Crippen molar-refractivity contribution in [3.63, 3.8) is 0 Å². The van der Waals surface area contributed by atoms with Gasteiger partial charge in [0.15, 0.2) is 0 Å². The second-order valence-corrected chi connectivity index (χ2v) is 5.42. The van der Waals surface area contributed by atoms with E-state index in [1.54, 1.807) is 0 Å². The minimum atomic E-state index is 0.435. The zero-order valence-corrected chi connectivity index (χ0v) is 11.0. The molecule has 1 saturated carbocycles. The summed E-state index contributed by atoms with van der Waals surface area (Å²) in [6.45, 7) is 0.820. The van der Waals surface area contributed by atoms with Gasteiger partial charge in [0.25, 0.3) is 0 Å². The van der Waals surface area contributed by atoms with E-state index < -0.39 is 0 Å². The van der Waals surface area contributed by atoms with Crippen molar-refractivity contribution < 1.29 is 4.74 Å². The van der Waals surface area contributed by atoms with Gasteiger partial charge >= 0.3 is 0 Å². The normalized spacial score (nSPS) is 16.8. The quantitative estimate of drug-likeness (QED) is 0.484. The van der Waals surface area contributed by atoms with Crippen molar-refractivity contribution in [3.8, 4) is 5.75 Å². The van der Waals surface area contributed by atoms with Gasteiger partial charge < -0.3 is 4.74 Å². The first-order valence-corrected chi connectivity index (χ1v) is 7.12. The lowest BCUT2D eigenvalue weighted by Crippen LogP contribution is -2.02. The van der Waals surface area contributed by atoms with Crippen LogP contribution in [0.3, 0.4) is 0 Å². The average molecular weight is 253 g/mol. The van der Waals surface area contributed by atoms with Crippen LogP contribution in [0, 0.1) is 5.92 Å². The standard InChI is InChI=1S/C15H21ClO/c16-15(13-10-11-13)9-5-2-6-12-17-14-7-3-1-4-8-14/h1,3-4,7-8,13,15H,2,5-6,9-12H2. The van der Waals surface area contributed by atoms with Crippen LogP contribution in [0.2, 0.25) is 0 Å². The van der Waals surface area contributed by atoms with Crippen LogP contribution in [0.5, 0.6) is 5.75 Å². The first-order chi connectivity index (χ1) is 8.36. The number of benzene rings is 1. The number of hydrogen-bond acceptors (Lipinski definition) is 1. The van der Waals surface area contributed by atoms with Crippen molar-refractivity contribution in [1.29, 1.82) is 0 Å². The molecular formula is C15H21ClO. The van der Waals surface area contributed by atoms with E-state index in [-0.39, 0.29) is 0 Å². The highest BCUT2D eigenvalue weighted by Gasteiger charge is 2.28. The molecule has 1 aliphatic carbocycles. The topological polar surface area (TPSA) is 9.23 Å². The number of alkyl halides is 1. The maximum atomic E-state index is 6.26. The summed E-state index contributed by atoms with van der Waals surface area (Å²) >= 11 is 6.26. The first kappa shape index (κ1) is 12.8. The smallest absolute Gasteiger partial charge is 0.119 e. The lowest BCUT2D eigenvalue weighted by molar-refractivity contribution is 0.304. The van der Waals surface area contributed by atoms with Gasteiger partial charge in [-0.1, -0.05) is 31.0 Å². The molecule has 2 heteroatoms. The zero-order chi connectivity index (χ0) is 11.9. The van der Waals surface area contributed by atoms with Gasteiger partial charge in [0.2, 0.25) is 0 Å². The lowest BCUT2D eigenvalue weighted by atomic mass is 10.1. The van der Waals surface area contributed by atoms with Crippen LogP contribution < -0.4 is 4.74 Å². The first-order valence-electron chi connectivity index (χ1n) is 6.68. The fraction of sp³-hybridized carbons (Fsp3) is 0.600. The minimum absolute atomic E-state index is 0.435. The van der Waals surface area contributed by atoms with Crippen molar-refractivity contribution in [2.75, 3.05) is 6.61 Å². The Hall–Kier alpha value is -0.690. The molecule has 94 valence electrons. The molecule has 0 spiro atoms. The fourth-order valence-corrected chi connectivity index (χ4v) is 2.42. The molecule has 1 aromatic rings. The number of halogens is 1. The molecule has 0 heterocycles. The molecule has 1 atom stereocenters. The van der Waals surface area contributed by atoms with Gasteiger partial charge in [-0.25, -0.2) is 0 Å². The van der Waals surface area contributed by atoms with Crippen molar-refractivity contribution in [3.05, 3.63) is 30.3 Å². The summed E-state index contributed by atoms with van der Waals surface area (Å²) in [6.07, 6.45) is 7.48. The van der Waals surface area contributed by atoms with E-state index in [1.807, 2.05) is 30.3 Å². The third-order valence-corrected chi connectivity index (χ3v) is 3.84. The van der Waals surface area contributed by atoms with E-state index in [4.69, 9.17) is 16.3 Å². The number of unbranched alkanes of at least 4 members (excludes halogenated alkanes) is 2. The maximum absolute atomic E-state index is 6.26. The van der Waals surface area contributed by atoms with Crippen LogP contribution in [-0.4, -0.2) is 12.0 Å². The van der Waals surface area contributed by atoms with Crippen molar-refractivity contribution >= 4 is 11.6 Å². The molecule has 0 aromatic heterocycles. The Morgan fingerprint density at radius 3 is 2.59 bits per heavy atom. The Balaban J connectivity index is 1.46. The Bertz CT molecular complexity index is 308. The van der Waals surface area contributed by atoms with Gasteiger partial charge in [-0.2, -0.15) is 0 Å². The van der Waals surface area contributed by atoms with Crippen LogP contribution in [0.4, 0.5) is 0 Å². The Morgan fingerprint density at radius 2 is 1.88 bits per heavy atom. The molecule has 0 saturated heterocycles. The summed E-state index contributed by atoms with van der Waals surface area (Å²) in [6, 6.07) is 10.0. The molecule has 1 aromatic carbocycles. The molecule has 1 nitrogen and oxygen atoms in total. The Labute approximate surface area is 109 Å². The second-order valence-electron chi connectivity index (χ2n) is 4.86. The summed E-state index contributed by atoms with van der Waals surface area (Å²) in [5.74, 6) is 1.80. The summed E-state index contributed by atoms with van der Waals surface area (Å²) in [5.41, 5.74) is 0. The van der Waals surface area contributed by atoms with Gasteiger partial charge in [0.1, 0.15) is 5.75 Å². The Kier molecular flexibility index (Phi) is 5.18. The van der Waals surface area contributed by atoms with Crippen LogP contribution in [0.15, 0.2) is 30.3 Å². The highest BCUT2D eigenvalue weighted by Crippen LogP contribution is 2.37. The fourth-order valence-electron chi connectivity index (χ4n) is 2.02. The molecule has 17 heavy (non-hydrogen) atoms. The average Bonchev–Trinajstić information content (AvgIpc) is 3.19. The molecule has 0 aliphatic heterocycles. The number of hydrogen-bond donors (Lipinski definition) is 0. The molecule has 1 fully saturated rings. The minimum Gasteiger partial charge on any atom is -0.494 e. The summed E-state index contributed by atoms with van der Waals surface area (Å²) in [5, 5.41) is 0.435. The van der Waals surface area contributed by atoms with Gasteiger partial charge in [-0.3, -0.25) is 0 Å². The summed E-state index contributed by atoms with van der Waals surface area (Å²) < 4.78 is 5.64. The van der Waals surface area contributed by atoms with Crippen LogP contribution in [0.25, 0.3) is 0 Å². The van der Waals surface area contributed by atoms with E-state index in [0.717, 1.165) is 24.7 Å². The monoisotopic (exact) mass is 252 g/mol. The van der Waals surface area contributed by atoms with Crippen LogP contribution in [-0.2, 0) is 0 Å². The molecule has 1 aliphatic rings. The molecular weight excluding hydrogens is 232 g/mol. The zero-order valence-electron chi connectivity index (χ0n) is 10.3. The maximum Gasteiger partial charge on any atom is 0.119 e. The highest BCUT2D eigenvalue weighted by molar-refractivity contribution is 6.20. The van der Waals surface area contributed by atoms with E-state index in [2.05, 4.69) is 0 Å². The van der Waals surface area contributed by atoms with E-state index >= 15 is 0 Å². The molecule has 0 amide bonds. The largest absolute Gasteiger partial charge is 0.494 e. The molecule has 0 bridgehead atoms. The predicted octanol–water partition coefficient (Wildman–Crippen LogP) is 4.64. The van der Waals surface area contributed by atoms with Crippen LogP contribution >= 0.6 is 11.6 Å². The Morgan fingerprint density at radius 1 is 1.12 bits per heavy atom. The second kappa shape index (κ2) is 6.90. The number of ether oxygens (including phenoxy) is 1. The number of para-hydroxylation sites is 1. The van der Waals surface area contributed by atoms with Crippen molar-refractivity contribution in [2.24, 2.45) is 5.92 Å².